The molecule has 6 nitrogen and oxygen atoms in total. The molecule has 3 aromatic rings. The van der Waals surface area contributed by atoms with E-state index in [0.717, 1.165) is 24.2 Å². The molecule has 0 amide bonds. The van der Waals surface area contributed by atoms with Crippen LogP contribution in [0.3, 0.4) is 0 Å². The van der Waals surface area contributed by atoms with E-state index in [1.807, 2.05) is 24.3 Å². The van der Waals surface area contributed by atoms with Crippen molar-refractivity contribution in [1.29, 1.82) is 0 Å². The molecule has 0 atom stereocenters. The highest BCUT2D eigenvalue weighted by molar-refractivity contribution is 6.32. The number of nitrogens with zero attached hydrogens (tertiary/aromatic N) is 2. The SMILES string of the molecule is Clc1cnc2nc1Nc1cccc(c1)CCc1cccc(c1)N2.O=C(O)C(F)(F)F. The third kappa shape index (κ3) is 5.84. The van der Waals surface area contributed by atoms with E-state index < -0.39 is 12.1 Å². The van der Waals surface area contributed by atoms with Gasteiger partial charge < -0.3 is 15.7 Å². The second-order valence-electron chi connectivity index (χ2n) is 6.34. The average Bonchev–Trinajstić information content (AvgIpc) is 2.69. The summed E-state index contributed by atoms with van der Waals surface area (Å²) < 4.78 is 31.7. The summed E-state index contributed by atoms with van der Waals surface area (Å²) in [5.74, 6) is -1.64. The number of aromatic nitrogens is 2. The predicted octanol–water partition coefficient (Wildman–Crippen LogP) is 5.35. The molecule has 0 radical (unpaired) electrons. The van der Waals surface area contributed by atoms with Crippen molar-refractivity contribution in [3.8, 4) is 0 Å². The molecule has 156 valence electrons. The lowest BCUT2D eigenvalue weighted by Gasteiger charge is -2.10. The van der Waals surface area contributed by atoms with Gasteiger partial charge in [0.25, 0.3) is 0 Å². The van der Waals surface area contributed by atoms with Gasteiger partial charge in [-0.3, -0.25) is 0 Å². The number of carboxylic acid groups (broad SMARTS) is 1. The maximum Gasteiger partial charge on any atom is 0.490 e. The van der Waals surface area contributed by atoms with Crippen molar-refractivity contribution < 1.29 is 23.1 Å². The highest BCUT2D eigenvalue weighted by atomic mass is 35.5. The van der Waals surface area contributed by atoms with Crippen LogP contribution in [0.25, 0.3) is 0 Å². The van der Waals surface area contributed by atoms with Gasteiger partial charge >= 0.3 is 12.1 Å². The molecule has 4 rings (SSSR count). The second kappa shape index (κ2) is 9.00. The Labute approximate surface area is 174 Å². The Morgan fingerprint density at radius 2 is 1.53 bits per heavy atom. The van der Waals surface area contributed by atoms with Crippen molar-refractivity contribution in [1.82, 2.24) is 9.97 Å². The van der Waals surface area contributed by atoms with Gasteiger partial charge in [-0.1, -0.05) is 35.9 Å². The van der Waals surface area contributed by atoms with E-state index in [1.165, 1.54) is 11.1 Å². The fraction of sp³-hybridized carbons (Fsp3) is 0.150. The number of anilines is 4. The number of carboxylic acids is 1. The van der Waals surface area contributed by atoms with Crippen LogP contribution < -0.4 is 10.6 Å². The summed E-state index contributed by atoms with van der Waals surface area (Å²) in [6.07, 6.45) is -1.51. The minimum atomic E-state index is -5.08. The van der Waals surface area contributed by atoms with Crippen LogP contribution in [-0.4, -0.2) is 27.2 Å². The number of aryl methyl sites for hydroxylation is 2. The zero-order chi connectivity index (χ0) is 21.7. The van der Waals surface area contributed by atoms with E-state index in [0.29, 0.717) is 16.8 Å². The molecule has 1 aliphatic rings. The molecule has 0 spiro atoms. The van der Waals surface area contributed by atoms with Gasteiger partial charge in [0.05, 0.1) is 6.20 Å². The molecule has 2 aromatic carbocycles. The Kier molecular flexibility index (Phi) is 6.41. The summed E-state index contributed by atoms with van der Waals surface area (Å²) in [6.45, 7) is 0. The highest BCUT2D eigenvalue weighted by Crippen LogP contribution is 2.26. The first kappa shape index (κ1) is 21.4. The van der Waals surface area contributed by atoms with Crippen molar-refractivity contribution in [2.24, 2.45) is 0 Å². The van der Waals surface area contributed by atoms with E-state index in [9.17, 15) is 13.2 Å². The Balaban J connectivity index is 0.000000318. The largest absolute Gasteiger partial charge is 0.490 e. The molecule has 0 saturated carbocycles. The van der Waals surface area contributed by atoms with E-state index in [-0.39, 0.29) is 0 Å². The lowest BCUT2D eigenvalue weighted by Crippen LogP contribution is -2.21. The number of fused-ring (bicyclic) bond motifs is 6. The summed E-state index contributed by atoms with van der Waals surface area (Å²) in [5, 5.41) is 14.1. The quantitative estimate of drug-likeness (QED) is 0.440. The number of hydrogen-bond donors (Lipinski definition) is 3. The number of rotatable bonds is 0. The van der Waals surface area contributed by atoms with Gasteiger partial charge in [0.2, 0.25) is 5.95 Å². The molecule has 1 aliphatic heterocycles. The topological polar surface area (TPSA) is 87.1 Å². The second-order valence-corrected chi connectivity index (χ2v) is 6.75. The third-order valence-corrected chi connectivity index (χ3v) is 4.34. The number of nitrogens with one attached hydrogen (secondary N) is 2. The Bertz CT molecular complexity index is 1060. The standard InChI is InChI=1S/C18H15ClN4.C2HF3O2/c19-16-11-20-18-22-15-6-2-4-13(10-15)8-7-12-3-1-5-14(9-12)21-17(16)23-18;3-2(4,5)1(6)7/h1-6,9-11H,7-8H2,(H2,20,21,22,23);(H,6,7). The predicted molar refractivity (Wildman–Crippen MR) is 108 cm³/mol. The van der Waals surface area contributed by atoms with Gasteiger partial charge in [-0.2, -0.15) is 18.2 Å². The van der Waals surface area contributed by atoms with Crippen molar-refractivity contribution >= 4 is 40.7 Å². The minimum absolute atomic E-state index is 0.490. The molecular formula is C20H16ClF3N4O2. The molecule has 0 fully saturated rings. The normalized spacial score (nSPS) is 12.5. The fourth-order valence-electron chi connectivity index (χ4n) is 2.68. The number of benzene rings is 2. The fourth-order valence-corrected chi connectivity index (χ4v) is 2.82. The molecule has 3 N–H and O–H groups in total. The molecule has 0 saturated heterocycles. The molecule has 0 unspecified atom stereocenters. The summed E-state index contributed by atoms with van der Waals surface area (Å²) in [6, 6.07) is 16.6. The number of aliphatic carboxylic acids is 1. The monoisotopic (exact) mass is 436 g/mol. The van der Waals surface area contributed by atoms with Gasteiger partial charge in [-0.05, 0) is 48.2 Å². The molecule has 30 heavy (non-hydrogen) atoms. The molecule has 0 aliphatic carbocycles. The van der Waals surface area contributed by atoms with Crippen LogP contribution in [0.2, 0.25) is 5.02 Å². The third-order valence-electron chi connectivity index (χ3n) is 4.06. The lowest BCUT2D eigenvalue weighted by molar-refractivity contribution is -0.192. The van der Waals surface area contributed by atoms with Crippen LogP contribution >= 0.6 is 11.6 Å². The van der Waals surface area contributed by atoms with E-state index >= 15 is 0 Å². The first-order valence-corrected chi connectivity index (χ1v) is 9.13. The minimum Gasteiger partial charge on any atom is -0.475 e. The number of carbonyl (C=O) groups is 1. The van der Waals surface area contributed by atoms with Gasteiger partial charge in [0, 0.05) is 11.4 Å². The zero-order valence-corrected chi connectivity index (χ0v) is 16.1. The molecule has 6 bridgehead atoms. The average molecular weight is 437 g/mol. The van der Waals surface area contributed by atoms with Crippen LogP contribution in [0.15, 0.2) is 54.7 Å². The maximum atomic E-state index is 10.6. The van der Waals surface area contributed by atoms with Gasteiger partial charge in [0.1, 0.15) is 5.02 Å². The molecule has 1 aromatic heterocycles. The number of alkyl halides is 3. The summed E-state index contributed by atoms with van der Waals surface area (Å²) in [7, 11) is 0. The first-order chi connectivity index (χ1) is 14.2. The van der Waals surface area contributed by atoms with E-state index in [1.54, 1.807) is 6.20 Å². The van der Waals surface area contributed by atoms with Crippen LogP contribution in [0.5, 0.6) is 0 Å². The highest BCUT2D eigenvalue weighted by Gasteiger charge is 2.38. The Morgan fingerprint density at radius 1 is 1.00 bits per heavy atom. The van der Waals surface area contributed by atoms with Crippen LogP contribution in [0, 0.1) is 0 Å². The summed E-state index contributed by atoms with van der Waals surface area (Å²) >= 11 is 6.22. The maximum absolute atomic E-state index is 10.6. The smallest absolute Gasteiger partial charge is 0.475 e. The van der Waals surface area contributed by atoms with E-state index in [4.69, 9.17) is 21.5 Å². The molecule has 10 heteroatoms. The van der Waals surface area contributed by atoms with Gasteiger partial charge in [0.15, 0.2) is 5.82 Å². The van der Waals surface area contributed by atoms with Crippen molar-refractivity contribution in [2.45, 2.75) is 19.0 Å². The summed E-state index contributed by atoms with van der Waals surface area (Å²) in [5.41, 5.74) is 4.50. The number of halogens is 4. The van der Waals surface area contributed by atoms with Crippen molar-refractivity contribution in [2.75, 3.05) is 10.6 Å². The van der Waals surface area contributed by atoms with Crippen LogP contribution in [0.4, 0.5) is 36.3 Å². The van der Waals surface area contributed by atoms with Crippen LogP contribution in [0.1, 0.15) is 11.1 Å². The Hall–Kier alpha value is -3.33. The van der Waals surface area contributed by atoms with Crippen LogP contribution in [-0.2, 0) is 17.6 Å². The Morgan fingerprint density at radius 3 is 2.07 bits per heavy atom. The molecular weight excluding hydrogens is 421 g/mol. The molecule has 2 heterocycles. The van der Waals surface area contributed by atoms with Crippen molar-refractivity contribution in [3.05, 3.63) is 70.9 Å². The first-order valence-electron chi connectivity index (χ1n) is 8.75. The van der Waals surface area contributed by atoms with Gasteiger partial charge in [-0.15, -0.1) is 0 Å². The van der Waals surface area contributed by atoms with Crippen molar-refractivity contribution in [3.63, 3.8) is 0 Å². The van der Waals surface area contributed by atoms with E-state index in [2.05, 4.69) is 44.9 Å². The lowest BCUT2D eigenvalue weighted by atomic mass is 10.0. The summed E-state index contributed by atoms with van der Waals surface area (Å²) in [4.78, 5) is 17.6. The zero-order valence-electron chi connectivity index (χ0n) is 15.4. The number of hydrogen-bond acceptors (Lipinski definition) is 5. The van der Waals surface area contributed by atoms with Gasteiger partial charge in [-0.25, -0.2) is 9.78 Å².